The summed E-state index contributed by atoms with van der Waals surface area (Å²) in [5, 5.41) is 12.0. The monoisotopic (exact) mass is 388 g/mol. The second-order valence-corrected chi connectivity index (χ2v) is 7.09. The van der Waals surface area contributed by atoms with E-state index in [-0.39, 0.29) is 28.3 Å². The summed E-state index contributed by atoms with van der Waals surface area (Å²) >= 11 is 6.27. The summed E-state index contributed by atoms with van der Waals surface area (Å²) in [6.07, 6.45) is 1.60. The molecular formula is C18H13FN2O3S2. The molecule has 2 amide bonds. The predicted molar refractivity (Wildman–Crippen MR) is 103 cm³/mol. The van der Waals surface area contributed by atoms with Crippen molar-refractivity contribution in [3.8, 4) is 5.75 Å². The van der Waals surface area contributed by atoms with E-state index in [2.05, 4.69) is 5.32 Å². The molecule has 1 heterocycles. The molecule has 26 heavy (non-hydrogen) atoms. The lowest BCUT2D eigenvalue weighted by Gasteiger charge is -2.14. The molecule has 0 unspecified atom stereocenters. The Kier molecular flexibility index (Phi) is 5.34. The SMILES string of the molecule is O=C(CN1C(=O)/C(=C/c2ccc(F)cc2)SC1=S)Nc1cccc(O)c1. The van der Waals surface area contributed by atoms with E-state index in [0.29, 0.717) is 16.2 Å². The molecule has 0 bridgehead atoms. The first-order valence-electron chi connectivity index (χ1n) is 7.52. The Balaban J connectivity index is 1.69. The molecule has 1 aliphatic rings. The van der Waals surface area contributed by atoms with Crippen LogP contribution in [0, 0.1) is 5.82 Å². The molecule has 0 spiro atoms. The second-order valence-electron chi connectivity index (χ2n) is 5.42. The highest BCUT2D eigenvalue weighted by molar-refractivity contribution is 8.26. The van der Waals surface area contributed by atoms with Gasteiger partial charge in [0.05, 0.1) is 4.91 Å². The van der Waals surface area contributed by atoms with E-state index in [1.165, 1.54) is 29.2 Å². The van der Waals surface area contributed by atoms with Crippen molar-refractivity contribution in [2.45, 2.75) is 0 Å². The van der Waals surface area contributed by atoms with Gasteiger partial charge in [0, 0.05) is 11.8 Å². The van der Waals surface area contributed by atoms with Gasteiger partial charge >= 0.3 is 0 Å². The summed E-state index contributed by atoms with van der Waals surface area (Å²) in [5.74, 6) is -1.15. The molecular weight excluding hydrogens is 375 g/mol. The Labute approximate surface area is 158 Å². The van der Waals surface area contributed by atoms with Gasteiger partial charge in [0.2, 0.25) is 5.91 Å². The molecule has 2 N–H and O–H groups in total. The zero-order chi connectivity index (χ0) is 18.7. The normalized spacial score (nSPS) is 15.6. The van der Waals surface area contributed by atoms with E-state index in [9.17, 15) is 19.1 Å². The quantitative estimate of drug-likeness (QED) is 0.621. The Bertz CT molecular complexity index is 913. The fourth-order valence-corrected chi connectivity index (χ4v) is 3.53. The average molecular weight is 388 g/mol. The van der Waals surface area contributed by atoms with Crippen LogP contribution >= 0.6 is 24.0 Å². The molecule has 1 fully saturated rings. The highest BCUT2D eigenvalue weighted by Crippen LogP contribution is 2.32. The number of anilines is 1. The van der Waals surface area contributed by atoms with Gasteiger partial charge in [-0.25, -0.2) is 4.39 Å². The highest BCUT2D eigenvalue weighted by Gasteiger charge is 2.33. The fourth-order valence-electron chi connectivity index (χ4n) is 2.27. The summed E-state index contributed by atoms with van der Waals surface area (Å²) in [6, 6.07) is 11.8. The third-order valence-electron chi connectivity index (χ3n) is 3.47. The van der Waals surface area contributed by atoms with E-state index >= 15 is 0 Å². The molecule has 0 aliphatic carbocycles. The number of carbonyl (C=O) groups excluding carboxylic acids is 2. The molecule has 1 saturated heterocycles. The zero-order valence-electron chi connectivity index (χ0n) is 13.3. The Morgan fingerprint density at radius 3 is 2.69 bits per heavy atom. The molecule has 1 aliphatic heterocycles. The molecule has 3 rings (SSSR count). The van der Waals surface area contributed by atoms with Crippen molar-refractivity contribution in [1.29, 1.82) is 0 Å². The van der Waals surface area contributed by atoms with Crippen LogP contribution in [0.25, 0.3) is 6.08 Å². The van der Waals surface area contributed by atoms with Crippen LogP contribution in [0.2, 0.25) is 0 Å². The van der Waals surface area contributed by atoms with Crippen molar-refractivity contribution < 1.29 is 19.1 Å². The maximum absolute atomic E-state index is 13.0. The Morgan fingerprint density at radius 1 is 1.27 bits per heavy atom. The number of aromatic hydroxyl groups is 1. The van der Waals surface area contributed by atoms with Crippen LogP contribution in [0.3, 0.4) is 0 Å². The van der Waals surface area contributed by atoms with Crippen molar-refractivity contribution >= 4 is 51.9 Å². The van der Waals surface area contributed by atoms with Gasteiger partial charge in [-0.05, 0) is 35.9 Å². The van der Waals surface area contributed by atoms with Gasteiger partial charge < -0.3 is 10.4 Å². The van der Waals surface area contributed by atoms with Crippen LogP contribution in [-0.4, -0.2) is 32.7 Å². The van der Waals surface area contributed by atoms with Gasteiger partial charge in [0.1, 0.15) is 22.4 Å². The van der Waals surface area contributed by atoms with Crippen molar-refractivity contribution in [3.05, 3.63) is 64.8 Å². The minimum absolute atomic E-state index is 0.0237. The molecule has 0 saturated carbocycles. The van der Waals surface area contributed by atoms with Crippen LogP contribution in [-0.2, 0) is 9.59 Å². The number of amides is 2. The molecule has 0 atom stereocenters. The summed E-state index contributed by atoms with van der Waals surface area (Å²) in [7, 11) is 0. The van der Waals surface area contributed by atoms with E-state index in [1.807, 2.05) is 0 Å². The maximum atomic E-state index is 13.0. The van der Waals surface area contributed by atoms with E-state index < -0.39 is 5.91 Å². The summed E-state index contributed by atoms with van der Waals surface area (Å²) in [6.45, 7) is -0.235. The van der Waals surface area contributed by atoms with Crippen LogP contribution in [0.15, 0.2) is 53.4 Å². The lowest BCUT2D eigenvalue weighted by molar-refractivity contribution is -0.126. The number of nitrogens with zero attached hydrogens (tertiary/aromatic N) is 1. The summed E-state index contributed by atoms with van der Waals surface area (Å²) in [4.78, 5) is 26.2. The number of nitrogens with one attached hydrogen (secondary N) is 1. The van der Waals surface area contributed by atoms with Crippen molar-refractivity contribution in [3.63, 3.8) is 0 Å². The van der Waals surface area contributed by atoms with Gasteiger partial charge in [-0.2, -0.15) is 0 Å². The minimum Gasteiger partial charge on any atom is -0.508 e. The van der Waals surface area contributed by atoms with Crippen LogP contribution in [0.1, 0.15) is 5.56 Å². The lowest BCUT2D eigenvalue weighted by atomic mass is 10.2. The maximum Gasteiger partial charge on any atom is 0.266 e. The number of thiocarbonyl (C=S) groups is 1. The van der Waals surface area contributed by atoms with E-state index in [0.717, 1.165) is 11.8 Å². The van der Waals surface area contributed by atoms with Gasteiger partial charge in [-0.3, -0.25) is 14.5 Å². The third-order valence-corrected chi connectivity index (χ3v) is 4.85. The Hall–Kier alpha value is -2.71. The van der Waals surface area contributed by atoms with Gasteiger partial charge in [0.25, 0.3) is 5.91 Å². The molecule has 2 aromatic rings. The number of hydrogen-bond acceptors (Lipinski definition) is 5. The van der Waals surface area contributed by atoms with E-state index in [1.54, 1.807) is 30.3 Å². The zero-order valence-corrected chi connectivity index (χ0v) is 14.9. The highest BCUT2D eigenvalue weighted by atomic mass is 32.2. The van der Waals surface area contributed by atoms with Gasteiger partial charge in [0.15, 0.2) is 0 Å². The number of hydrogen-bond donors (Lipinski definition) is 2. The predicted octanol–water partition coefficient (Wildman–Crippen LogP) is 3.37. The first-order chi connectivity index (χ1) is 12.4. The van der Waals surface area contributed by atoms with Gasteiger partial charge in [-0.1, -0.05) is 42.2 Å². The average Bonchev–Trinajstić information content (AvgIpc) is 2.84. The number of thioether (sulfide) groups is 1. The number of rotatable bonds is 4. The first kappa shape index (κ1) is 18.1. The van der Waals surface area contributed by atoms with Crippen molar-refractivity contribution in [1.82, 2.24) is 4.90 Å². The Morgan fingerprint density at radius 2 is 2.00 bits per heavy atom. The molecule has 0 radical (unpaired) electrons. The van der Waals surface area contributed by atoms with Crippen molar-refractivity contribution in [2.24, 2.45) is 0 Å². The molecule has 2 aromatic carbocycles. The van der Waals surface area contributed by atoms with Crippen LogP contribution in [0.5, 0.6) is 5.75 Å². The van der Waals surface area contributed by atoms with E-state index in [4.69, 9.17) is 12.2 Å². The summed E-state index contributed by atoms with van der Waals surface area (Å²) < 4.78 is 13.2. The number of benzene rings is 2. The number of phenols is 1. The molecule has 8 heteroatoms. The molecule has 0 aromatic heterocycles. The second kappa shape index (κ2) is 7.67. The molecule has 5 nitrogen and oxygen atoms in total. The number of halogens is 1. The van der Waals surface area contributed by atoms with Crippen LogP contribution < -0.4 is 5.32 Å². The fraction of sp³-hybridized carbons (Fsp3) is 0.0556. The lowest BCUT2D eigenvalue weighted by Crippen LogP contribution is -2.36. The van der Waals surface area contributed by atoms with Crippen LogP contribution in [0.4, 0.5) is 10.1 Å². The van der Waals surface area contributed by atoms with Crippen molar-refractivity contribution in [2.75, 3.05) is 11.9 Å². The smallest absolute Gasteiger partial charge is 0.266 e. The minimum atomic E-state index is -0.435. The topological polar surface area (TPSA) is 69.6 Å². The largest absolute Gasteiger partial charge is 0.508 e. The number of phenolic OH excluding ortho intramolecular Hbond substituents is 1. The summed E-state index contributed by atoms with van der Waals surface area (Å²) in [5.41, 5.74) is 1.08. The third kappa shape index (κ3) is 4.27. The first-order valence-corrected chi connectivity index (χ1v) is 8.75. The van der Waals surface area contributed by atoms with Gasteiger partial charge in [-0.15, -0.1) is 0 Å². The standard InChI is InChI=1S/C18H13FN2O3S2/c19-12-6-4-11(5-7-12)8-15-17(24)21(18(25)26-15)10-16(23)20-13-2-1-3-14(22)9-13/h1-9,22H,10H2,(H,20,23)/b15-8-. The number of carbonyl (C=O) groups is 2. The molecule has 132 valence electrons.